The molecule has 0 bridgehead atoms. The highest BCUT2D eigenvalue weighted by Gasteiger charge is 2.30. The lowest BCUT2D eigenvalue weighted by Crippen LogP contribution is -2.08. The number of ether oxygens (including phenoxy) is 1. The van der Waals surface area contributed by atoms with Crippen LogP contribution in [0.2, 0.25) is 0 Å². The van der Waals surface area contributed by atoms with E-state index in [9.17, 15) is 18.0 Å². The number of benzene rings is 1. The third kappa shape index (κ3) is 3.25. The zero-order valence-electron chi connectivity index (χ0n) is 8.84. The van der Waals surface area contributed by atoms with Gasteiger partial charge in [-0.2, -0.15) is 13.2 Å². The van der Waals surface area contributed by atoms with Crippen molar-refractivity contribution in [1.29, 1.82) is 0 Å². The molecule has 1 rings (SSSR count). The van der Waals surface area contributed by atoms with E-state index in [1.807, 2.05) is 0 Å². The molecule has 88 valence electrons. The van der Waals surface area contributed by atoms with Crippen molar-refractivity contribution in [1.82, 2.24) is 0 Å². The Balaban J connectivity index is 2.94. The van der Waals surface area contributed by atoms with Crippen molar-refractivity contribution in [2.45, 2.75) is 26.1 Å². The summed E-state index contributed by atoms with van der Waals surface area (Å²) in [5.41, 5.74) is -0.422. The molecule has 0 saturated heterocycles. The maximum Gasteiger partial charge on any atom is 0.416 e. The fraction of sp³-hybridized carbons (Fsp3) is 0.364. The van der Waals surface area contributed by atoms with Crippen molar-refractivity contribution in [2.75, 3.05) is 0 Å². The first-order chi connectivity index (χ1) is 7.30. The van der Waals surface area contributed by atoms with Crippen LogP contribution in [0.25, 0.3) is 0 Å². The highest BCUT2D eigenvalue weighted by atomic mass is 19.4. The van der Waals surface area contributed by atoms with Gasteiger partial charge in [0, 0.05) is 6.92 Å². The standard InChI is InChI=1S/C11H11F3O2/c1-7(16-8(2)15)9-4-3-5-10(6-9)11(12,13)14/h3-7H,1-2H3/t7-/m0/s1. The molecule has 0 saturated carbocycles. The van der Waals surface area contributed by atoms with Gasteiger partial charge in [-0.1, -0.05) is 12.1 Å². The molecule has 5 heteroatoms. The fourth-order valence-corrected chi connectivity index (χ4v) is 1.28. The number of rotatable bonds is 2. The van der Waals surface area contributed by atoms with Gasteiger partial charge in [-0.05, 0) is 24.6 Å². The third-order valence-corrected chi connectivity index (χ3v) is 2.03. The second-order valence-electron chi connectivity index (χ2n) is 3.37. The molecule has 0 heterocycles. The molecule has 0 fully saturated rings. The van der Waals surface area contributed by atoms with Crippen LogP contribution in [0.15, 0.2) is 24.3 Å². The number of hydrogen-bond acceptors (Lipinski definition) is 2. The molecule has 2 nitrogen and oxygen atoms in total. The molecule has 0 N–H and O–H groups in total. The van der Waals surface area contributed by atoms with E-state index in [1.54, 1.807) is 0 Å². The van der Waals surface area contributed by atoms with Gasteiger partial charge in [0.2, 0.25) is 0 Å². The Bertz CT molecular complexity index is 385. The summed E-state index contributed by atoms with van der Waals surface area (Å²) in [6.45, 7) is 2.74. The first-order valence-corrected chi connectivity index (χ1v) is 4.65. The lowest BCUT2D eigenvalue weighted by atomic mass is 10.1. The van der Waals surface area contributed by atoms with Crippen LogP contribution in [0.4, 0.5) is 13.2 Å². The summed E-state index contributed by atoms with van der Waals surface area (Å²) in [5.74, 6) is -0.523. The average molecular weight is 232 g/mol. The Morgan fingerprint density at radius 1 is 1.38 bits per heavy atom. The van der Waals surface area contributed by atoms with Crippen molar-refractivity contribution in [3.63, 3.8) is 0 Å². The van der Waals surface area contributed by atoms with E-state index in [0.717, 1.165) is 12.1 Å². The summed E-state index contributed by atoms with van der Waals surface area (Å²) in [5, 5.41) is 0. The average Bonchev–Trinajstić information content (AvgIpc) is 2.15. The van der Waals surface area contributed by atoms with E-state index in [4.69, 9.17) is 4.74 Å². The Hall–Kier alpha value is -1.52. The van der Waals surface area contributed by atoms with Gasteiger partial charge in [-0.3, -0.25) is 4.79 Å². The molecule has 0 aliphatic carbocycles. The molecule has 1 aromatic carbocycles. The molecular formula is C11H11F3O2. The van der Waals surface area contributed by atoms with E-state index < -0.39 is 23.8 Å². The van der Waals surface area contributed by atoms with E-state index in [2.05, 4.69) is 0 Å². The topological polar surface area (TPSA) is 26.3 Å². The van der Waals surface area contributed by atoms with Crippen molar-refractivity contribution >= 4 is 5.97 Å². The highest BCUT2D eigenvalue weighted by molar-refractivity contribution is 5.66. The lowest BCUT2D eigenvalue weighted by Gasteiger charge is -2.14. The minimum atomic E-state index is -4.38. The van der Waals surface area contributed by atoms with Crippen molar-refractivity contribution in [2.24, 2.45) is 0 Å². The highest BCUT2D eigenvalue weighted by Crippen LogP contribution is 2.31. The lowest BCUT2D eigenvalue weighted by molar-refractivity contribution is -0.145. The zero-order chi connectivity index (χ0) is 12.3. The van der Waals surface area contributed by atoms with Crippen LogP contribution in [0.3, 0.4) is 0 Å². The van der Waals surface area contributed by atoms with E-state index in [1.165, 1.54) is 26.0 Å². The molecule has 0 unspecified atom stereocenters. The van der Waals surface area contributed by atoms with Gasteiger partial charge in [-0.25, -0.2) is 0 Å². The monoisotopic (exact) mass is 232 g/mol. The maximum absolute atomic E-state index is 12.4. The second-order valence-corrected chi connectivity index (χ2v) is 3.37. The van der Waals surface area contributed by atoms with Crippen LogP contribution in [-0.2, 0) is 15.7 Å². The van der Waals surface area contributed by atoms with Crippen LogP contribution in [0, 0.1) is 0 Å². The molecule has 1 atom stereocenters. The first kappa shape index (κ1) is 12.5. The van der Waals surface area contributed by atoms with Gasteiger partial charge >= 0.3 is 12.1 Å². The molecule has 0 spiro atoms. The van der Waals surface area contributed by atoms with Crippen LogP contribution in [0.1, 0.15) is 31.1 Å². The number of carbonyl (C=O) groups excluding carboxylic acids is 1. The van der Waals surface area contributed by atoms with Gasteiger partial charge in [0.25, 0.3) is 0 Å². The quantitative estimate of drug-likeness (QED) is 0.731. The summed E-state index contributed by atoms with van der Waals surface area (Å²) in [4.78, 5) is 10.7. The number of alkyl halides is 3. The molecule has 0 radical (unpaired) electrons. The number of carbonyl (C=O) groups is 1. The second kappa shape index (κ2) is 4.55. The minimum absolute atomic E-state index is 0.324. The molecule has 16 heavy (non-hydrogen) atoms. The summed E-state index contributed by atoms with van der Waals surface area (Å²) in [6.07, 6.45) is -5.06. The number of halogens is 3. The predicted octanol–water partition coefficient (Wildman–Crippen LogP) is 3.33. The Kier molecular flexibility index (Phi) is 3.57. The number of esters is 1. The van der Waals surface area contributed by atoms with Gasteiger partial charge in [0.1, 0.15) is 6.10 Å². The van der Waals surface area contributed by atoms with E-state index in [0.29, 0.717) is 5.56 Å². The summed E-state index contributed by atoms with van der Waals surface area (Å²) in [6, 6.07) is 4.73. The smallest absolute Gasteiger partial charge is 0.416 e. The van der Waals surface area contributed by atoms with Crippen molar-refractivity contribution in [3.05, 3.63) is 35.4 Å². The fourth-order valence-electron chi connectivity index (χ4n) is 1.28. The summed E-state index contributed by atoms with van der Waals surface area (Å²) in [7, 11) is 0. The van der Waals surface area contributed by atoms with E-state index >= 15 is 0 Å². The normalized spacial score (nSPS) is 13.3. The summed E-state index contributed by atoms with van der Waals surface area (Å²) < 4.78 is 42.0. The molecular weight excluding hydrogens is 221 g/mol. The third-order valence-electron chi connectivity index (χ3n) is 2.03. The minimum Gasteiger partial charge on any atom is -0.458 e. The van der Waals surface area contributed by atoms with Crippen LogP contribution in [-0.4, -0.2) is 5.97 Å². The predicted molar refractivity (Wildman–Crippen MR) is 51.6 cm³/mol. The van der Waals surface area contributed by atoms with Gasteiger partial charge in [0.15, 0.2) is 0 Å². The molecule has 0 aliphatic heterocycles. The first-order valence-electron chi connectivity index (χ1n) is 4.65. The van der Waals surface area contributed by atoms with Gasteiger partial charge in [-0.15, -0.1) is 0 Å². The van der Waals surface area contributed by atoms with Gasteiger partial charge < -0.3 is 4.74 Å². The largest absolute Gasteiger partial charge is 0.458 e. The Morgan fingerprint density at radius 2 is 2.00 bits per heavy atom. The molecule has 0 aliphatic rings. The van der Waals surface area contributed by atoms with Crippen LogP contribution >= 0.6 is 0 Å². The van der Waals surface area contributed by atoms with Crippen molar-refractivity contribution < 1.29 is 22.7 Å². The van der Waals surface area contributed by atoms with Crippen LogP contribution < -0.4 is 0 Å². The maximum atomic E-state index is 12.4. The Labute approximate surface area is 91.0 Å². The van der Waals surface area contributed by atoms with Crippen molar-refractivity contribution in [3.8, 4) is 0 Å². The van der Waals surface area contributed by atoms with Gasteiger partial charge in [0.05, 0.1) is 5.56 Å². The Morgan fingerprint density at radius 3 is 2.50 bits per heavy atom. The molecule has 1 aromatic rings. The SMILES string of the molecule is CC(=O)O[C@@H](C)c1cccc(C(F)(F)F)c1. The molecule has 0 amide bonds. The number of hydrogen-bond donors (Lipinski definition) is 0. The zero-order valence-corrected chi connectivity index (χ0v) is 8.84. The van der Waals surface area contributed by atoms with E-state index in [-0.39, 0.29) is 0 Å². The van der Waals surface area contributed by atoms with Crippen LogP contribution in [0.5, 0.6) is 0 Å². The molecule has 0 aromatic heterocycles. The summed E-state index contributed by atoms with van der Waals surface area (Å²) >= 11 is 0.